The standard InChI is InChI=1S/C23H36O5S/c1-15-19(23(4)9-7-8-22(2,3)21(23)13-20(15)24)14-29(25,26)18-11-16(27-5)10-17(12-18)28-6/h10-12,15,19-21,24H,7-9,13-14H2,1-6H3. The third-order valence-corrected chi connectivity index (χ3v) is 9.68. The number of ether oxygens (including phenoxy) is 2. The monoisotopic (exact) mass is 424 g/mol. The van der Waals surface area contributed by atoms with Gasteiger partial charge in [0, 0.05) is 6.07 Å². The van der Waals surface area contributed by atoms with Gasteiger partial charge in [-0.05, 0) is 60.0 Å². The molecule has 1 aromatic rings. The molecule has 0 amide bonds. The molecule has 5 unspecified atom stereocenters. The zero-order valence-corrected chi connectivity index (χ0v) is 19.4. The highest BCUT2D eigenvalue weighted by molar-refractivity contribution is 7.91. The molecule has 0 aliphatic heterocycles. The van der Waals surface area contributed by atoms with Crippen molar-refractivity contribution in [1.82, 2.24) is 0 Å². The molecule has 1 N–H and O–H groups in total. The summed E-state index contributed by atoms with van der Waals surface area (Å²) in [6.07, 6.45) is 3.53. The van der Waals surface area contributed by atoms with E-state index in [1.807, 2.05) is 6.92 Å². The molecule has 3 rings (SSSR count). The molecule has 5 nitrogen and oxygen atoms in total. The summed E-state index contributed by atoms with van der Waals surface area (Å²) in [5.74, 6) is 1.11. The first-order chi connectivity index (χ1) is 13.4. The van der Waals surface area contributed by atoms with Crippen LogP contribution in [-0.2, 0) is 9.84 Å². The minimum absolute atomic E-state index is 0.0324. The molecule has 2 saturated carbocycles. The number of aliphatic hydroxyl groups excluding tert-OH is 1. The normalized spacial score (nSPS) is 34.3. The molecule has 29 heavy (non-hydrogen) atoms. The van der Waals surface area contributed by atoms with Crippen LogP contribution in [0.15, 0.2) is 23.1 Å². The topological polar surface area (TPSA) is 72.8 Å². The fourth-order valence-corrected chi connectivity index (χ4v) is 8.10. The van der Waals surface area contributed by atoms with Gasteiger partial charge in [0.15, 0.2) is 9.84 Å². The smallest absolute Gasteiger partial charge is 0.178 e. The van der Waals surface area contributed by atoms with Gasteiger partial charge in [0.25, 0.3) is 0 Å². The van der Waals surface area contributed by atoms with Crippen LogP contribution >= 0.6 is 0 Å². The number of sulfone groups is 1. The van der Waals surface area contributed by atoms with E-state index in [1.165, 1.54) is 14.2 Å². The van der Waals surface area contributed by atoms with Crippen LogP contribution in [0.1, 0.15) is 53.4 Å². The van der Waals surface area contributed by atoms with Crippen LogP contribution in [0.25, 0.3) is 0 Å². The highest BCUT2D eigenvalue weighted by Crippen LogP contribution is 2.61. The molecule has 6 heteroatoms. The molecular weight excluding hydrogens is 388 g/mol. The van der Waals surface area contributed by atoms with E-state index in [0.29, 0.717) is 17.4 Å². The van der Waals surface area contributed by atoms with Crippen molar-refractivity contribution in [1.29, 1.82) is 0 Å². The molecule has 0 heterocycles. The van der Waals surface area contributed by atoms with E-state index in [4.69, 9.17) is 9.47 Å². The highest BCUT2D eigenvalue weighted by Gasteiger charge is 2.56. The molecular formula is C23H36O5S. The maximum atomic E-state index is 13.5. The number of benzene rings is 1. The summed E-state index contributed by atoms with van der Waals surface area (Å²) in [7, 11) is -0.550. The zero-order valence-electron chi connectivity index (χ0n) is 18.6. The Hall–Kier alpha value is -1.27. The van der Waals surface area contributed by atoms with Crippen molar-refractivity contribution in [2.75, 3.05) is 20.0 Å². The first-order valence-corrected chi connectivity index (χ1v) is 12.2. The van der Waals surface area contributed by atoms with Crippen molar-refractivity contribution in [3.8, 4) is 11.5 Å². The molecule has 1 aromatic carbocycles. The largest absolute Gasteiger partial charge is 0.497 e. The highest BCUT2D eigenvalue weighted by atomic mass is 32.2. The fourth-order valence-electron chi connectivity index (χ4n) is 6.16. The molecule has 2 aliphatic rings. The first kappa shape index (κ1) is 22.4. The predicted octanol–water partition coefficient (Wildman–Crippen LogP) is 4.33. The van der Waals surface area contributed by atoms with Gasteiger partial charge in [-0.15, -0.1) is 0 Å². The van der Waals surface area contributed by atoms with E-state index in [9.17, 15) is 13.5 Å². The predicted molar refractivity (Wildman–Crippen MR) is 114 cm³/mol. The molecule has 0 bridgehead atoms. The number of methoxy groups -OCH3 is 2. The summed E-state index contributed by atoms with van der Waals surface area (Å²) in [6, 6.07) is 4.80. The van der Waals surface area contributed by atoms with Crippen LogP contribution in [0.2, 0.25) is 0 Å². The van der Waals surface area contributed by atoms with Gasteiger partial charge in [-0.2, -0.15) is 0 Å². The van der Waals surface area contributed by atoms with E-state index >= 15 is 0 Å². The van der Waals surface area contributed by atoms with E-state index in [1.54, 1.807) is 18.2 Å². The van der Waals surface area contributed by atoms with Gasteiger partial charge in [0.05, 0.1) is 31.0 Å². The van der Waals surface area contributed by atoms with Gasteiger partial charge in [0.2, 0.25) is 0 Å². The van der Waals surface area contributed by atoms with Gasteiger partial charge < -0.3 is 14.6 Å². The second kappa shape index (κ2) is 7.77. The maximum Gasteiger partial charge on any atom is 0.178 e. The molecule has 0 aromatic heterocycles. The number of rotatable bonds is 5. The van der Waals surface area contributed by atoms with Crippen molar-refractivity contribution >= 4 is 9.84 Å². The Morgan fingerprint density at radius 2 is 1.66 bits per heavy atom. The molecule has 2 aliphatic carbocycles. The lowest BCUT2D eigenvalue weighted by Gasteiger charge is -2.60. The van der Waals surface area contributed by atoms with Gasteiger partial charge >= 0.3 is 0 Å². The average molecular weight is 425 g/mol. The number of hydrogen-bond acceptors (Lipinski definition) is 5. The van der Waals surface area contributed by atoms with Crippen LogP contribution in [0.4, 0.5) is 0 Å². The minimum Gasteiger partial charge on any atom is -0.497 e. The Morgan fingerprint density at radius 3 is 2.21 bits per heavy atom. The lowest BCUT2D eigenvalue weighted by atomic mass is 9.46. The second-order valence-electron chi connectivity index (χ2n) is 10.00. The SMILES string of the molecule is COc1cc(OC)cc(S(=O)(=O)CC2C(C)C(O)CC3C(C)(C)CCCC23C)c1. The van der Waals surface area contributed by atoms with Crippen LogP contribution in [-0.4, -0.2) is 39.6 Å². The fraction of sp³-hybridized carbons (Fsp3) is 0.739. The van der Waals surface area contributed by atoms with Crippen molar-refractivity contribution in [2.24, 2.45) is 28.6 Å². The Bertz CT molecular complexity index is 825. The molecule has 5 atom stereocenters. The summed E-state index contributed by atoms with van der Waals surface area (Å²) in [5.41, 5.74) is 0.00569. The summed E-state index contributed by atoms with van der Waals surface area (Å²) >= 11 is 0. The first-order valence-electron chi connectivity index (χ1n) is 10.6. The Balaban J connectivity index is 2.00. The minimum atomic E-state index is -3.58. The van der Waals surface area contributed by atoms with E-state index < -0.39 is 15.9 Å². The summed E-state index contributed by atoms with van der Waals surface area (Å²) in [6.45, 7) is 8.82. The summed E-state index contributed by atoms with van der Waals surface area (Å²) in [5, 5.41) is 10.8. The zero-order chi connectivity index (χ0) is 21.6. The van der Waals surface area contributed by atoms with Gasteiger partial charge in [-0.1, -0.05) is 34.1 Å². The quantitative estimate of drug-likeness (QED) is 0.762. The Labute approximate surface area is 175 Å². The van der Waals surface area contributed by atoms with Gasteiger partial charge in [-0.3, -0.25) is 0 Å². The molecule has 2 fully saturated rings. The van der Waals surface area contributed by atoms with Crippen LogP contribution < -0.4 is 9.47 Å². The van der Waals surface area contributed by atoms with Crippen LogP contribution in [0.5, 0.6) is 11.5 Å². The summed E-state index contributed by atoms with van der Waals surface area (Å²) in [4.78, 5) is 0.219. The van der Waals surface area contributed by atoms with Crippen molar-refractivity contribution in [2.45, 2.75) is 64.4 Å². The third-order valence-electron chi connectivity index (χ3n) is 7.92. The molecule has 0 saturated heterocycles. The number of aliphatic hydroxyl groups is 1. The maximum absolute atomic E-state index is 13.5. The van der Waals surface area contributed by atoms with Crippen molar-refractivity contribution in [3.05, 3.63) is 18.2 Å². The van der Waals surface area contributed by atoms with E-state index in [0.717, 1.165) is 25.7 Å². The van der Waals surface area contributed by atoms with E-state index in [-0.39, 0.29) is 33.3 Å². The van der Waals surface area contributed by atoms with Crippen LogP contribution in [0.3, 0.4) is 0 Å². The van der Waals surface area contributed by atoms with Crippen molar-refractivity contribution in [3.63, 3.8) is 0 Å². The third kappa shape index (κ3) is 4.02. The Kier molecular flexibility index (Phi) is 6.00. The Morgan fingerprint density at radius 1 is 1.07 bits per heavy atom. The van der Waals surface area contributed by atoms with Crippen LogP contribution in [0, 0.1) is 28.6 Å². The molecule has 164 valence electrons. The summed E-state index contributed by atoms with van der Waals surface area (Å²) < 4.78 is 37.5. The number of fused-ring (bicyclic) bond motifs is 1. The van der Waals surface area contributed by atoms with Gasteiger partial charge in [0.1, 0.15) is 11.5 Å². The average Bonchev–Trinajstić information content (AvgIpc) is 2.66. The van der Waals surface area contributed by atoms with Gasteiger partial charge in [-0.25, -0.2) is 8.42 Å². The second-order valence-corrected chi connectivity index (χ2v) is 12.0. The lowest BCUT2D eigenvalue weighted by molar-refractivity contribution is -0.132. The molecule has 0 radical (unpaired) electrons. The van der Waals surface area contributed by atoms with Crippen molar-refractivity contribution < 1.29 is 23.0 Å². The number of hydrogen-bond donors (Lipinski definition) is 1. The van der Waals surface area contributed by atoms with E-state index in [2.05, 4.69) is 20.8 Å². The molecule has 0 spiro atoms. The lowest BCUT2D eigenvalue weighted by Crippen LogP contribution is -2.56.